The molecule has 1 fully saturated rings. The van der Waals surface area contributed by atoms with E-state index in [1.165, 1.54) is 35.6 Å². The summed E-state index contributed by atoms with van der Waals surface area (Å²) in [5.74, 6) is 3.24. The quantitative estimate of drug-likeness (QED) is 0.616. The van der Waals surface area contributed by atoms with Crippen LogP contribution in [0.4, 0.5) is 0 Å². The molecule has 2 aromatic carbocycles. The van der Waals surface area contributed by atoms with E-state index in [0.717, 1.165) is 11.7 Å². The first-order chi connectivity index (χ1) is 10.1. The molecule has 0 radical (unpaired) electrons. The number of hydrogen-bond donors (Lipinski definition) is 0. The van der Waals surface area contributed by atoms with Crippen molar-refractivity contribution in [2.24, 2.45) is 11.8 Å². The zero-order valence-corrected chi connectivity index (χ0v) is 13.2. The van der Waals surface area contributed by atoms with Gasteiger partial charge in [-0.3, -0.25) is 0 Å². The third-order valence-corrected chi connectivity index (χ3v) is 5.68. The van der Waals surface area contributed by atoms with Gasteiger partial charge < -0.3 is 4.74 Å². The van der Waals surface area contributed by atoms with E-state index in [1.807, 2.05) is 0 Å². The molecule has 0 spiro atoms. The summed E-state index contributed by atoms with van der Waals surface area (Å²) in [6.07, 6.45) is 3.94. The first kappa shape index (κ1) is 13.2. The maximum atomic E-state index is 6.43. The zero-order chi connectivity index (χ0) is 14.6. The molecule has 2 aromatic rings. The van der Waals surface area contributed by atoms with E-state index in [4.69, 9.17) is 4.74 Å². The SMILES string of the molecule is C[C@@H]1CC[C@@H]2C(C1)c1c(ccc3ccccc13)OC2(C)C. The van der Waals surface area contributed by atoms with Crippen molar-refractivity contribution in [3.8, 4) is 5.75 Å². The Morgan fingerprint density at radius 2 is 1.86 bits per heavy atom. The Labute approximate surface area is 127 Å². The summed E-state index contributed by atoms with van der Waals surface area (Å²) in [7, 11) is 0. The van der Waals surface area contributed by atoms with Gasteiger partial charge in [0, 0.05) is 11.5 Å². The van der Waals surface area contributed by atoms with Crippen LogP contribution in [0.1, 0.15) is 51.5 Å². The van der Waals surface area contributed by atoms with Gasteiger partial charge in [-0.05, 0) is 55.4 Å². The summed E-state index contributed by atoms with van der Waals surface area (Å²) < 4.78 is 6.43. The van der Waals surface area contributed by atoms with E-state index in [-0.39, 0.29) is 5.60 Å². The molecule has 1 heterocycles. The largest absolute Gasteiger partial charge is 0.487 e. The van der Waals surface area contributed by atoms with Gasteiger partial charge in [0.05, 0.1) is 0 Å². The predicted molar refractivity (Wildman–Crippen MR) is 87.9 cm³/mol. The Kier molecular flexibility index (Phi) is 2.82. The first-order valence-electron chi connectivity index (χ1n) is 8.27. The molecule has 0 N–H and O–H groups in total. The van der Waals surface area contributed by atoms with Crippen molar-refractivity contribution in [2.45, 2.75) is 51.6 Å². The third-order valence-electron chi connectivity index (χ3n) is 5.68. The predicted octanol–water partition coefficient (Wildman–Crippen LogP) is 5.53. The Hall–Kier alpha value is -1.50. The summed E-state index contributed by atoms with van der Waals surface area (Å²) in [6, 6.07) is 13.2. The average molecular weight is 280 g/mol. The summed E-state index contributed by atoms with van der Waals surface area (Å²) in [6.45, 7) is 6.96. The molecular formula is C20H24O. The topological polar surface area (TPSA) is 9.23 Å². The minimum atomic E-state index is -0.0414. The minimum Gasteiger partial charge on any atom is -0.487 e. The average Bonchev–Trinajstić information content (AvgIpc) is 2.45. The van der Waals surface area contributed by atoms with Crippen molar-refractivity contribution in [3.05, 3.63) is 42.0 Å². The second kappa shape index (κ2) is 4.50. The van der Waals surface area contributed by atoms with Crippen LogP contribution in [0.2, 0.25) is 0 Å². The molecule has 21 heavy (non-hydrogen) atoms. The van der Waals surface area contributed by atoms with E-state index in [0.29, 0.717) is 11.8 Å². The molecule has 0 aromatic heterocycles. The van der Waals surface area contributed by atoms with Gasteiger partial charge in [0.1, 0.15) is 11.4 Å². The standard InChI is InChI=1S/C20H24O/c1-13-8-10-17-16(12-13)19-15-7-5-4-6-14(15)9-11-18(19)21-20(17,2)3/h4-7,9,11,13,16-17H,8,10,12H2,1-3H3/t13-,16?,17-/m1/s1. The molecular weight excluding hydrogens is 256 g/mol. The second-order valence-corrected chi connectivity index (χ2v) is 7.54. The number of hydrogen-bond acceptors (Lipinski definition) is 1. The van der Waals surface area contributed by atoms with E-state index in [1.54, 1.807) is 0 Å². The van der Waals surface area contributed by atoms with Gasteiger partial charge in [-0.25, -0.2) is 0 Å². The fraction of sp³-hybridized carbons (Fsp3) is 0.500. The molecule has 0 amide bonds. The maximum absolute atomic E-state index is 6.43. The molecule has 1 aliphatic heterocycles. The lowest BCUT2D eigenvalue weighted by atomic mass is 9.64. The van der Waals surface area contributed by atoms with Crippen LogP contribution >= 0.6 is 0 Å². The van der Waals surface area contributed by atoms with Gasteiger partial charge in [0.15, 0.2) is 0 Å². The van der Waals surface area contributed by atoms with Gasteiger partial charge in [0.25, 0.3) is 0 Å². The lowest BCUT2D eigenvalue weighted by molar-refractivity contribution is -0.0128. The van der Waals surface area contributed by atoms with Gasteiger partial charge in [0.2, 0.25) is 0 Å². The summed E-state index contributed by atoms with van der Waals surface area (Å²) in [5.41, 5.74) is 1.43. The molecule has 1 heteroatoms. The summed E-state index contributed by atoms with van der Waals surface area (Å²) >= 11 is 0. The van der Waals surface area contributed by atoms with E-state index >= 15 is 0 Å². The smallest absolute Gasteiger partial charge is 0.124 e. The van der Waals surface area contributed by atoms with Crippen molar-refractivity contribution in [1.82, 2.24) is 0 Å². The molecule has 1 nitrogen and oxygen atoms in total. The normalized spacial score (nSPS) is 30.3. The summed E-state index contributed by atoms with van der Waals surface area (Å²) in [4.78, 5) is 0. The van der Waals surface area contributed by atoms with Crippen molar-refractivity contribution in [3.63, 3.8) is 0 Å². The monoisotopic (exact) mass is 280 g/mol. The van der Waals surface area contributed by atoms with Crippen LogP contribution in [0.5, 0.6) is 5.75 Å². The minimum absolute atomic E-state index is 0.0414. The number of rotatable bonds is 0. The number of fused-ring (bicyclic) bond motifs is 5. The highest BCUT2D eigenvalue weighted by Crippen LogP contribution is 2.54. The highest BCUT2D eigenvalue weighted by Gasteiger charge is 2.46. The molecule has 3 atom stereocenters. The Morgan fingerprint density at radius 3 is 2.71 bits per heavy atom. The van der Waals surface area contributed by atoms with E-state index < -0.39 is 0 Å². The van der Waals surface area contributed by atoms with Crippen molar-refractivity contribution in [1.29, 1.82) is 0 Å². The number of benzene rings is 2. The van der Waals surface area contributed by atoms with Crippen LogP contribution in [0, 0.1) is 11.8 Å². The summed E-state index contributed by atoms with van der Waals surface area (Å²) in [5, 5.41) is 2.74. The number of ether oxygens (including phenoxy) is 1. The Bertz CT molecular complexity index is 685. The lowest BCUT2D eigenvalue weighted by Crippen LogP contribution is -2.46. The first-order valence-corrected chi connectivity index (χ1v) is 8.27. The molecule has 1 unspecified atom stereocenters. The molecule has 1 saturated carbocycles. The van der Waals surface area contributed by atoms with E-state index in [9.17, 15) is 0 Å². The van der Waals surface area contributed by atoms with Crippen LogP contribution in [0.25, 0.3) is 10.8 Å². The fourth-order valence-corrected chi connectivity index (χ4v) is 4.64. The highest BCUT2D eigenvalue weighted by atomic mass is 16.5. The van der Waals surface area contributed by atoms with Gasteiger partial charge in [-0.1, -0.05) is 43.7 Å². The second-order valence-electron chi connectivity index (χ2n) is 7.54. The van der Waals surface area contributed by atoms with Crippen molar-refractivity contribution in [2.75, 3.05) is 0 Å². The van der Waals surface area contributed by atoms with Gasteiger partial charge in [-0.15, -0.1) is 0 Å². The van der Waals surface area contributed by atoms with Crippen molar-refractivity contribution < 1.29 is 4.74 Å². The molecule has 0 bridgehead atoms. The zero-order valence-electron chi connectivity index (χ0n) is 13.2. The van der Waals surface area contributed by atoms with Gasteiger partial charge in [-0.2, -0.15) is 0 Å². The van der Waals surface area contributed by atoms with Crippen LogP contribution in [-0.4, -0.2) is 5.60 Å². The fourth-order valence-electron chi connectivity index (χ4n) is 4.64. The lowest BCUT2D eigenvalue weighted by Gasteiger charge is -2.49. The molecule has 2 aliphatic rings. The molecule has 1 aliphatic carbocycles. The van der Waals surface area contributed by atoms with E-state index in [2.05, 4.69) is 57.2 Å². The van der Waals surface area contributed by atoms with Crippen LogP contribution in [-0.2, 0) is 0 Å². The van der Waals surface area contributed by atoms with Crippen molar-refractivity contribution >= 4 is 10.8 Å². The maximum Gasteiger partial charge on any atom is 0.124 e. The Morgan fingerprint density at radius 1 is 1.05 bits per heavy atom. The molecule has 4 rings (SSSR count). The van der Waals surface area contributed by atoms with Gasteiger partial charge >= 0.3 is 0 Å². The van der Waals surface area contributed by atoms with Crippen LogP contribution < -0.4 is 4.74 Å². The molecule has 110 valence electrons. The molecule has 0 saturated heterocycles. The third kappa shape index (κ3) is 1.97. The van der Waals surface area contributed by atoms with Crippen LogP contribution in [0.15, 0.2) is 36.4 Å². The Balaban J connectivity index is 1.95. The van der Waals surface area contributed by atoms with Crippen LogP contribution in [0.3, 0.4) is 0 Å². The highest BCUT2D eigenvalue weighted by molar-refractivity contribution is 5.88.